The Labute approximate surface area is 80.3 Å². The Bertz CT molecular complexity index is 345. The highest BCUT2D eigenvalue weighted by Gasteiger charge is 2.28. The van der Waals surface area contributed by atoms with Crippen LogP contribution in [-0.4, -0.2) is 0 Å². The number of allylic oxidation sites excluding steroid dienone is 1. The second-order valence-corrected chi connectivity index (χ2v) is 4.53. The number of fused-ring (bicyclic) bond motifs is 1. The van der Waals surface area contributed by atoms with Crippen LogP contribution in [0.3, 0.4) is 0 Å². The van der Waals surface area contributed by atoms with Crippen molar-refractivity contribution in [2.75, 3.05) is 0 Å². The van der Waals surface area contributed by atoms with Crippen molar-refractivity contribution in [3.63, 3.8) is 0 Å². The highest BCUT2D eigenvalue weighted by atomic mass is 14.3. The molecule has 1 aliphatic rings. The van der Waals surface area contributed by atoms with Gasteiger partial charge < -0.3 is 0 Å². The molecule has 0 N–H and O–H groups in total. The lowest BCUT2D eigenvalue weighted by atomic mass is 9.71. The van der Waals surface area contributed by atoms with Crippen LogP contribution in [0.4, 0.5) is 0 Å². The molecule has 0 aromatic heterocycles. The van der Waals surface area contributed by atoms with E-state index < -0.39 is 0 Å². The van der Waals surface area contributed by atoms with E-state index in [1.54, 1.807) is 0 Å². The monoisotopic (exact) mass is 172 g/mol. The Morgan fingerprint density at radius 1 is 1.23 bits per heavy atom. The van der Waals surface area contributed by atoms with Gasteiger partial charge in [0.1, 0.15) is 0 Å². The molecular weight excluding hydrogens is 156 g/mol. The molecule has 1 aliphatic carbocycles. The summed E-state index contributed by atoms with van der Waals surface area (Å²) in [6, 6.07) is 8.66. The predicted octanol–water partition coefficient (Wildman–Crippen LogP) is 3.77. The first-order chi connectivity index (χ1) is 6.11. The van der Waals surface area contributed by atoms with Gasteiger partial charge in [-0.1, -0.05) is 44.7 Å². The van der Waals surface area contributed by atoms with Gasteiger partial charge in [0.25, 0.3) is 0 Å². The number of hydrogen-bond acceptors (Lipinski definition) is 0. The van der Waals surface area contributed by atoms with E-state index in [2.05, 4.69) is 44.7 Å². The molecule has 13 heavy (non-hydrogen) atoms. The Kier molecular flexibility index (Phi) is 1.80. The van der Waals surface area contributed by atoms with Gasteiger partial charge in [0.2, 0.25) is 0 Å². The third kappa shape index (κ3) is 1.31. The summed E-state index contributed by atoms with van der Waals surface area (Å²) in [6.07, 6.45) is 2.37. The van der Waals surface area contributed by atoms with Crippen molar-refractivity contribution in [1.82, 2.24) is 0 Å². The quantitative estimate of drug-likeness (QED) is 0.558. The molecule has 0 atom stereocenters. The Morgan fingerprint density at radius 3 is 2.62 bits per heavy atom. The lowest BCUT2D eigenvalue weighted by molar-refractivity contribution is 0.475. The molecule has 1 aromatic rings. The lowest BCUT2D eigenvalue weighted by Crippen LogP contribution is -2.22. The molecule has 0 heterocycles. The van der Waals surface area contributed by atoms with Crippen molar-refractivity contribution in [2.45, 2.75) is 32.1 Å². The van der Waals surface area contributed by atoms with Crippen LogP contribution in [0.25, 0.3) is 5.57 Å². The van der Waals surface area contributed by atoms with Crippen molar-refractivity contribution in [2.24, 2.45) is 0 Å². The smallest absolute Gasteiger partial charge is 0.00944 e. The molecule has 0 unspecified atom stereocenters. The first-order valence-electron chi connectivity index (χ1n) is 4.89. The maximum absolute atomic E-state index is 4.12. The zero-order chi connectivity index (χ0) is 9.47. The van der Waals surface area contributed by atoms with Crippen LogP contribution in [0.5, 0.6) is 0 Å². The Morgan fingerprint density at radius 2 is 1.92 bits per heavy atom. The molecule has 0 saturated carbocycles. The van der Waals surface area contributed by atoms with Crippen molar-refractivity contribution in [3.05, 3.63) is 42.0 Å². The zero-order valence-electron chi connectivity index (χ0n) is 8.43. The van der Waals surface area contributed by atoms with Crippen LogP contribution < -0.4 is 0 Å². The number of rotatable bonds is 0. The van der Waals surface area contributed by atoms with Crippen molar-refractivity contribution >= 4 is 5.57 Å². The number of benzene rings is 1. The first kappa shape index (κ1) is 8.55. The Balaban J connectivity index is 2.61. The predicted molar refractivity (Wildman–Crippen MR) is 57.7 cm³/mol. The molecule has 68 valence electrons. The summed E-state index contributed by atoms with van der Waals surface area (Å²) in [5, 5.41) is 0. The molecule has 0 aliphatic heterocycles. The van der Waals surface area contributed by atoms with Crippen molar-refractivity contribution < 1.29 is 0 Å². The van der Waals surface area contributed by atoms with Gasteiger partial charge in [-0.15, -0.1) is 0 Å². The molecule has 0 bridgehead atoms. The minimum absolute atomic E-state index is 0.331. The average molecular weight is 172 g/mol. The van der Waals surface area contributed by atoms with Crippen LogP contribution in [0, 0.1) is 0 Å². The van der Waals surface area contributed by atoms with E-state index >= 15 is 0 Å². The third-order valence-electron chi connectivity index (χ3n) is 3.09. The van der Waals surface area contributed by atoms with E-state index in [0.29, 0.717) is 5.41 Å². The molecule has 2 rings (SSSR count). The van der Waals surface area contributed by atoms with Crippen molar-refractivity contribution in [3.8, 4) is 0 Å². The standard InChI is InChI=1S/C13H16/c1-10-8-9-13(2,3)12-7-5-4-6-11(10)12/h4-7H,1,8-9H2,2-3H3. The van der Waals surface area contributed by atoms with Gasteiger partial charge >= 0.3 is 0 Å². The van der Waals surface area contributed by atoms with Gasteiger partial charge in [0, 0.05) is 0 Å². The summed E-state index contributed by atoms with van der Waals surface area (Å²) in [5.74, 6) is 0. The van der Waals surface area contributed by atoms with Crippen molar-refractivity contribution in [1.29, 1.82) is 0 Å². The third-order valence-corrected chi connectivity index (χ3v) is 3.09. The van der Waals surface area contributed by atoms with E-state index in [4.69, 9.17) is 0 Å². The van der Waals surface area contributed by atoms with Crippen LogP contribution in [0.2, 0.25) is 0 Å². The summed E-state index contributed by atoms with van der Waals surface area (Å²) in [5.41, 5.74) is 4.47. The fourth-order valence-corrected chi connectivity index (χ4v) is 2.11. The topological polar surface area (TPSA) is 0 Å². The van der Waals surface area contributed by atoms with E-state index in [1.807, 2.05) is 0 Å². The molecule has 0 saturated heterocycles. The van der Waals surface area contributed by atoms with E-state index in [1.165, 1.54) is 23.1 Å². The second-order valence-electron chi connectivity index (χ2n) is 4.53. The summed E-state index contributed by atoms with van der Waals surface area (Å²) in [7, 11) is 0. The maximum atomic E-state index is 4.12. The minimum atomic E-state index is 0.331. The SMILES string of the molecule is C=C1CCC(C)(C)c2ccccc21. The van der Waals surface area contributed by atoms with Gasteiger partial charge in [0.05, 0.1) is 0 Å². The molecule has 1 aromatic carbocycles. The van der Waals surface area contributed by atoms with E-state index in [-0.39, 0.29) is 0 Å². The molecule has 0 radical (unpaired) electrons. The second kappa shape index (κ2) is 2.73. The van der Waals surface area contributed by atoms with Crippen LogP contribution in [-0.2, 0) is 5.41 Å². The summed E-state index contributed by atoms with van der Waals surface area (Å²) >= 11 is 0. The fraction of sp³-hybridized carbons (Fsp3) is 0.385. The summed E-state index contributed by atoms with van der Waals surface area (Å²) < 4.78 is 0. The first-order valence-corrected chi connectivity index (χ1v) is 4.89. The Hall–Kier alpha value is -1.04. The van der Waals surface area contributed by atoms with Gasteiger partial charge in [-0.25, -0.2) is 0 Å². The normalized spacial score (nSPS) is 19.7. The highest BCUT2D eigenvalue weighted by molar-refractivity contribution is 5.69. The van der Waals surface area contributed by atoms with Gasteiger partial charge in [-0.3, -0.25) is 0 Å². The average Bonchev–Trinajstić information content (AvgIpc) is 2.13. The van der Waals surface area contributed by atoms with Crippen LogP contribution >= 0.6 is 0 Å². The molecule has 0 fully saturated rings. The minimum Gasteiger partial charge on any atom is -0.0952 e. The van der Waals surface area contributed by atoms with Gasteiger partial charge in [-0.05, 0) is 35.0 Å². The van der Waals surface area contributed by atoms with E-state index in [9.17, 15) is 0 Å². The lowest BCUT2D eigenvalue weighted by Gasteiger charge is -2.33. The molecule has 0 spiro atoms. The van der Waals surface area contributed by atoms with Crippen LogP contribution in [0.15, 0.2) is 30.8 Å². The number of hydrogen-bond donors (Lipinski definition) is 0. The zero-order valence-corrected chi connectivity index (χ0v) is 8.43. The largest absolute Gasteiger partial charge is 0.0952 e. The molecular formula is C13H16. The van der Waals surface area contributed by atoms with E-state index in [0.717, 1.165) is 6.42 Å². The summed E-state index contributed by atoms with van der Waals surface area (Å²) in [6.45, 7) is 8.76. The van der Waals surface area contributed by atoms with Gasteiger partial charge in [0.15, 0.2) is 0 Å². The highest BCUT2D eigenvalue weighted by Crippen LogP contribution is 2.40. The molecule has 0 nitrogen and oxygen atoms in total. The molecule has 0 amide bonds. The molecule has 0 heteroatoms. The van der Waals surface area contributed by atoms with Gasteiger partial charge in [-0.2, -0.15) is 0 Å². The fourth-order valence-electron chi connectivity index (χ4n) is 2.11. The summed E-state index contributed by atoms with van der Waals surface area (Å²) in [4.78, 5) is 0. The van der Waals surface area contributed by atoms with Crippen LogP contribution in [0.1, 0.15) is 37.8 Å². The maximum Gasteiger partial charge on any atom is -0.00944 e.